The number of hydrogen-bond donors (Lipinski definition) is 1. The predicted octanol–water partition coefficient (Wildman–Crippen LogP) is 1.86. The van der Waals surface area contributed by atoms with E-state index >= 15 is 0 Å². The maximum absolute atomic E-state index is 12.1. The minimum atomic E-state index is -5.68. The van der Waals surface area contributed by atoms with Crippen molar-refractivity contribution in [1.29, 1.82) is 0 Å². The van der Waals surface area contributed by atoms with Gasteiger partial charge in [0.15, 0.2) is 0 Å². The Hall–Kier alpha value is -0.950. The Morgan fingerprint density at radius 2 is 1.29 bits per heavy atom. The molecule has 84 valence electrons. The first-order valence-electron chi connectivity index (χ1n) is 3.34. The maximum Gasteiger partial charge on any atom is 0.411 e. The third-order valence-electron chi connectivity index (χ3n) is 1.82. The summed E-state index contributed by atoms with van der Waals surface area (Å²) in [6, 6.07) is 0. The summed E-state index contributed by atoms with van der Waals surface area (Å²) in [5.41, 5.74) is -4.37. The van der Waals surface area contributed by atoms with Crippen LogP contribution in [0.5, 0.6) is 0 Å². The van der Waals surface area contributed by atoms with Crippen molar-refractivity contribution in [2.45, 2.75) is 19.3 Å². The number of halogens is 6. The molecule has 0 atom stereocenters. The molecular weight excluding hydrogens is 216 g/mol. The van der Waals surface area contributed by atoms with Gasteiger partial charge >= 0.3 is 12.4 Å². The number of nitrogens with one attached hydrogen (secondary N) is 1. The van der Waals surface area contributed by atoms with Crippen molar-refractivity contribution < 1.29 is 31.1 Å². The standard InChI is InChI=1S/C6H7F6NO/c1-4(3(14)13-2,5(7,8)9)6(10,11)12/h1-2H3,(H,13,14). The van der Waals surface area contributed by atoms with Crippen molar-refractivity contribution in [2.75, 3.05) is 7.05 Å². The molecule has 2 nitrogen and oxygen atoms in total. The fraction of sp³-hybridized carbons (Fsp3) is 0.833. The van der Waals surface area contributed by atoms with Gasteiger partial charge in [0.1, 0.15) is 0 Å². The van der Waals surface area contributed by atoms with E-state index in [0.717, 1.165) is 0 Å². The molecule has 0 rings (SSSR count). The van der Waals surface area contributed by atoms with Crippen LogP contribution in [-0.2, 0) is 4.79 Å². The molecule has 0 aromatic rings. The van der Waals surface area contributed by atoms with Crippen molar-refractivity contribution in [1.82, 2.24) is 5.32 Å². The Bertz CT molecular complexity index is 215. The topological polar surface area (TPSA) is 29.1 Å². The van der Waals surface area contributed by atoms with Gasteiger partial charge in [0.25, 0.3) is 0 Å². The number of carbonyl (C=O) groups excluding carboxylic acids is 1. The van der Waals surface area contributed by atoms with Gasteiger partial charge in [0.05, 0.1) is 0 Å². The van der Waals surface area contributed by atoms with Gasteiger partial charge in [-0.2, -0.15) is 26.3 Å². The molecule has 0 aliphatic rings. The molecule has 0 aliphatic heterocycles. The molecule has 14 heavy (non-hydrogen) atoms. The molecule has 0 spiro atoms. The fourth-order valence-corrected chi connectivity index (χ4v) is 0.668. The summed E-state index contributed by atoms with van der Waals surface area (Å²) in [6.45, 7) is -0.203. The van der Waals surface area contributed by atoms with Crippen molar-refractivity contribution in [3.63, 3.8) is 0 Å². The fourth-order valence-electron chi connectivity index (χ4n) is 0.668. The molecule has 0 unspecified atom stereocenters. The van der Waals surface area contributed by atoms with E-state index in [1.54, 1.807) is 0 Å². The second-order valence-corrected chi connectivity index (χ2v) is 2.70. The Morgan fingerprint density at radius 1 is 1.00 bits per heavy atom. The van der Waals surface area contributed by atoms with Gasteiger partial charge in [-0.05, 0) is 6.92 Å². The molecule has 0 radical (unpaired) electrons. The summed E-state index contributed by atoms with van der Waals surface area (Å²) in [7, 11) is 0.706. The zero-order valence-electron chi connectivity index (χ0n) is 7.18. The first-order chi connectivity index (χ1) is 5.98. The van der Waals surface area contributed by atoms with E-state index < -0.39 is 23.7 Å². The lowest BCUT2D eigenvalue weighted by Gasteiger charge is -2.31. The Labute approximate surface area is 75.3 Å². The molecule has 0 fully saturated rings. The lowest BCUT2D eigenvalue weighted by molar-refractivity contribution is -0.318. The first kappa shape index (κ1) is 13.0. The van der Waals surface area contributed by atoms with Gasteiger partial charge in [0.2, 0.25) is 11.3 Å². The second-order valence-electron chi connectivity index (χ2n) is 2.70. The molecule has 1 amide bonds. The zero-order chi connectivity index (χ0) is 11.8. The molecule has 0 aliphatic carbocycles. The van der Waals surface area contributed by atoms with Crippen LogP contribution in [0.1, 0.15) is 6.92 Å². The SMILES string of the molecule is CNC(=O)C(C)(C(F)(F)F)C(F)(F)F. The number of alkyl halides is 6. The van der Waals surface area contributed by atoms with Crippen LogP contribution in [0.2, 0.25) is 0 Å². The Morgan fingerprint density at radius 3 is 1.36 bits per heavy atom. The van der Waals surface area contributed by atoms with Crippen LogP contribution in [0.25, 0.3) is 0 Å². The quantitative estimate of drug-likeness (QED) is 0.675. The number of hydrogen-bond acceptors (Lipinski definition) is 1. The van der Waals surface area contributed by atoms with E-state index in [-0.39, 0.29) is 6.92 Å². The number of amides is 1. The summed E-state index contributed by atoms with van der Waals surface area (Å²) in [5.74, 6) is -2.13. The van der Waals surface area contributed by atoms with Crippen molar-refractivity contribution >= 4 is 5.91 Å². The minimum absolute atomic E-state index is 0.203. The molecule has 0 bridgehead atoms. The van der Waals surface area contributed by atoms with Gasteiger partial charge in [-0.25, -0.2) is 0 Å². The first-order valence-corrected chi connectivity index (χ1v) is 3.34. The zero-order valence-corrected chi connectivity index (χ0v) is 7.18. The number of rotatable bonds is 1. The average molecular weight is 223 g/mol. The van der Waals surface area contributed by atoms with Crippen LogP contribution < -0.4 is 5.32 Å². The molecule has 1 N–H and O–H groups in total. The summed E-state index contributed by atoms with van der Waals surface area (Å²) >= 11 is 0. The van der Waals surface area contributed by atoms with Gasteiger partial charge in [-0.1, -0.05) is 0 Å². The molecule has 0 heterocycles. The largest absolute Gasteiger partial charge is 0.411 e. The molecule has 0 saturated carbocycles. The van der Waals surface area contributed by atoms with Crippen molar-refractivity contribution in [3.05, 3.63) is 0 Å². The molecule has 0 saturated heterocycles. The van der Waals surface area contributed by atoms with E-state index in [1.807, 2.05) is 0 Å². The van der Waals surface area contributed by atoms with Crippen LogP contribution in [-0.4, -0.2) is 25.3 Å². The lowest BCUT2D eigenvalue weighted by Crippen LogP contribution is -2.56. The van der Waals surface area contributed by atoms with Crippen molar-refractivity contribution in [3.8, 4) is 0 Å². The summed E-state index contributed by atoms with van der Waals surface area (Å²) in [5, 5.41) is 1.34. The minimum Gasteiger partial charge on any atom is -0.358 e. The summed E-state index contributed by atoms with van der Waals surface area (Å²) in [6.07, 6.45) is -11.4. The maximum atomic E-state index is 12.1. The Kier molecular flexibility index (Phi) is 3.10. The molecule has 0 aromatic carbocycles. The predicted molar refractivity (Wildman–Crippen MR) is 34.3 cm³/mol. The molecule has 0 aromatic heterocycles. The summed E-state index contributed by atoms with van der Waals surface area (Å²) < 4.78 is 72.3. The normalized spacial score (nSPS) is 14.0. The Balaban J connectivity index is 5.40. The number of carbonyl (C=O) groups is 1. The third-order valence-corrected chi connectivity index (χ3v) is 1.82. The highest BCUT2D eigenvalue weighted by molar-refractivity contribution is 5.83. The van der Waals surface area contributed by atoms with E-state index in [0.29, 0.717) is 7.05 Å². The van der Waals surface area contributed by atoms with Crippen molar-refractivity contribution in [2.24, 2.45) is 5.41 Å². The third kappa shape index (κ3) is 1.78. The van der Waals surface area contributed by atoms with E-state index in [4.69, 9.17) is 0 Å². The van der Waals surface area contributed by atoms with E-state index in [2.05, 4.69) is 0 Å². The van der Waals surface area contributed by atoms with Crippen LogP contribution >= 0.6 is 0 Å². The highest BCUT2D eigenvalue weighted by Gasteiger charge is 2.72. The van der Waals surface area contributed by atoms with Crippen LogP contribution in [0.3, 0.4) is 0 Å². The highest BCUT2D eigenvalue weighted by atomic mass is 19.4. The summed E-state index contributed by atoms with van der Waals surface area (Å²) in [4.78, 5) is 10.6. The van der Waals surface area contributed by atoms with Crippen LogP contribution in [0, 0.1) is 5.41 Å². The van der Waals surface area contributed by atoms with Crippen LogP contribution in [0.15, 0.2) is 0 Å². The van der Waals surface area contributed by atoms with Gasteiger partial charge in [-0.3, -0.25) is 4.79 Å². The van der Waals surface area contributed by atoms with Crippen LogP contribution in [0.4, 0.5) is 26.3 Å². The highest BCUT2D eigenvalue weighted by Crippen LogP contribution is 2.49. The second kappa shape index (κ2) is 3.32. The molecular formula is C6H7F6NO. The average Bonchev–Trinajstić information content (AvgIpc) is 1.97. The van der Waals surface area contributed by atoms with E-state index in [1.165, 1.54) is 5.32 Å². The molecule has 8 heteroatoms. The van der Waals surface area contributed by atoms with Gasteiger partial charge < -0.3 is 5.32 Å². The lowest BCUT2D eigenvalue weighted by atomic mass is 9.88. The van der Waals surface area contributed by atoms with E-state index in [9.17, 15) is 31.1 Å². The van der Waals surface area contributed by atoms with Gasteiger partial charge in [0, 0.05) is 7.05 Å². The van der Waals surface area contributed by atoms with Gasteiger partial charge in [-0.15, -0.1) is 0 Å². The smallest absolute Gasteiger partial charge is 0.358 e. The monoisotopic (exact) mass is 223 g/mol.